The molecule has 1 fully saturated rings. The maximum absolute atomic E-state index is 13.6. The van der Waals surface area contributed by atoms with Crippen molar-refractivity contribution in [3.05, 3.63) is 90.0 Å². The first-order valence-electron chi connectivity index (χ1n) is 10.8. The van der Waals surface area contributed by atoms with Crippen molar-refractivity contribution in [2.45, 2.75) is 19.8 Å². The number of nitrogens with one attached hydrogen (secondary N) is 1. The summed E-state index contributed by atoms with van der Waals surface area (Å²) in [6.45, 7) is 3.18. The average molecular weight is 432 g/mol. The van der Waals surface area contributed by atoms with Gasteiger partial charge in [0.15, 0.2) is 0 Å². The van der Waals surface area contributed by atoms with Crippen LogP contribution in [-0.2, 0) is 11.2 Å². The lowest BCUT2D eigenvalue weighted by Crippen LogP contribution is -2.45. The molecule has 0 bridgehead atoms. The molecule has 1 aliphatic heterocycles. The highest BCUT2D eigenvalue weighted by Gasteiger charge is 2.45. The molecular formula is C26H26FN3O2. The third-order valence-electron chi connectivity index (χ3n) is 6.02. The molecule has 2 aromatic carbocycles. The molecule has 1 unspecified atom stereocenters. The Bertz CT molecular complexity index is 1100. The Hall–Kier alpha value is -3.54. The third kappa shape index (κ3) is 4.54. The van der Waals surface area contributed by atoms with Gasteiger partial charge in [0.05, 0.1) is 5.41 Å². The largest absolute Gasteiger partial charge is 0.356 e. The minimum Gasteiger partial charge on any atom is -0.356 e. The van der Waals surface area contributed by atoms with Crippen molar-refractivity contribution in [3.8, 4) is 11.1 Å². The normalized spacial score (nSPS) is 17.9. The molecule has 1 aromatic heterocycles. The fourth-order valence-corrected chi connectivity index (χ4v) is 4.35. The number of pyridine rings is 1. The van der Waals surface area contributed by atoms with E-state index in [1.807, 2.05) is 49.5 Å². The SMILES string of the molecule is CCNC(=O)C1(Cc2ccc(-c3cccnc3)cc2)CCN(C(=O)c2cccc(F)c2)C1. The van der Waals surface area contributed by atoms with Gasteiger partial charge < -0.3 is 10.2 Å². The summed E-state index contributed by atoms with van der Waals surface area (Å²) in [6.07, 6.45) is 4.65. The second kappa shape index (κ2) is 9.30. The highest BCUT2D eigenvalue weighted by molar-refractivity contribution is 5.95. The molecule has 3 aromatic rings. The van der Waals surface area contributed by atoms with E-state index in [1.165, 1.54) is 18.2 Å². The van der Waals surface area contributed by atoms with Crippen LogP contribution in [0.1, 0.15) is 29.3 Å². The lowest BCUT2D eigenvalue weighted by molar-refractivity contribution is -0.130. The molecule has 2 heterocycles. The van der Waals surface area contributed by atoms with Crippen molar-refractivity contribution in [1.82, 2.24) is 15.2 Å². The minimum atomic E-state index is -0.713. The van der Waals surface area contributed by atoms with Gasteiger partial charge >= 0.3 is 0 Å². The highest BCUT2D eigenvalue weighted by Crippen LogP contribution is 2.36. The molecule has 1 saturated heterocycles. The Morgan fingerprint density at radius 3 is 2.59 bits per heavy atom. The van der Waals surface area contributed by atoms with Gasteiger partial charge in [-0.3, -0.25) is 14.6 Å². The smallest absolute Gasteiger partial charge is 0.253 e. The van der Waals surface area contributed by atoms with Crippen LogP contribution in [0, 0.1) is 11.2 Å². The Labute approximate surface area is 187 Å². The fourth-order valence-electron chi connectivity index (χ4n) is 4.35. The number of aromatic nitrogens is 1. The molecule has 1 aliphatic rings. The topological polar surface area (TPSA) is 62.3 Å². The number of rotatable bonds is 6. The van der Waals surface area contributed by atoms with Crippen LogP contribution in [0.15, 0.2) is 73.1 Å². The molecule has 0 saturated carbocycles. The van der Waals surface area contributed by atoms with E-state index in [1.54, 1.807) is 17.2 Å². The number of hydrogen-bond donors (Lipinski definition) is 1. The maximum atomic E-state index is 13.6. The predicted molar refractivity (Wildman–Crippen MR) is 121 cm³/mol. The first-order chi connectivity index (χ1) is 15.5. The molecule has 2 amide bonds. The highest BCUT2D eigenvalue weighted by atomic mass is 19.1. The van der Waals surface area contributed by atoms with Crippen molar-refractivity contribution in [1.29, 1.82) is 0 Å². The average Bonchev–Trinajstić information content (AvgIpc) is 3.25. The fraction of sp³-hybridized carbons (Fsp3) is 0.269. The maximum Gasteiger partial charge on any atom is 0.253 e. The van der Waals surface area contributed by atoms with Crippen molar-refractivity contribution in [2.24, 2.45) is 5.41 Å². The number of halogens is 1. The van der Waals surface area contributed by atoms with Crippen LogP contribution in [0.25, 0.3) is 11.1 Å². The van der Waals surface area contributed by atoms with E-state index in [9.17, 15) is 14.0 Å². The van der Waals surface area contributed by atoms with Crippen molar-refractivity contribution < 1.29 is 14.0 Å². The molecule has 5 nitrogen and oxygen atoms in total. The molecule has 0 radical (unpaired) electrons. The summed E-state index contributed by atoms with van der Waals surface area (Å²) in [6, 6.07) is 17.7. The zero-order chi connectivity index (χ0) is 22.6. The number of amides is 2. The van der Waals surface area contributed by atoms with Gasteiger partial charge in [0.2, 0.25) is 5.91 Å². The van der Waals surface area contributed by atoms with Crippen molar-refractivity contribution in [3.63, 3.8) is 0 Å². The van der Waals surface area contributed by atoms with Crippen LogP contribution in [0.2, 0.25) is 0 Å². The number of likely N-dealkylation sites (tertiary alicyclic amines) is 1. The molecule has 164 valence electrons. The van der Waals surface area contributed by atoms with Gasteiger partial charge in [0.1, 0.15) is 5.82 Å². The number of carbonyl (C=O) groups excluding carboxylic acids is 2. The van der Waals surface area contributed by atoms with Crippen LogP contribution in [-0.4, -0.2) is 41.3 Å². The summed E-state index contributed by atoms with van der Waals surface area (Å²) >= 11 is 0. The quantitative estimate of drug-likeness (QED) is 0.639. The standard InChI is InChI=1S/C26H26FN3O2/c1-2-29-25(32)26(12-14-30(18-26)24(31)21-5-3-7-23(27)15-21)16-19-8-10-20(11-9-19)22-6-4-13-28-17-22/h3-11,13,15,17H,2,12,14,16,18H2,1H3,(H,29,32). The predicted octanol–water partition coefficient (Wildman–Crippen LogP) is 4.10. The Kier molecular flexibility index (Phi) is 6.30. The first-order valence-corrected chi connectivity index (χ1v) is 10.8. The molecular weight excluding hydrogens is 405 g/mol. The summed E-state index contributed by atoms with van der Waals surface area (Å²) < 4.78 is 13.6. The van der Waals surface area contributed by atoms with Gasteiger partial charge in [0, 0.05) is 37.6 Å². The summed E-state index contributed by atoms with van der Waals surface area (Å²) in [5.74, 6) is -0.743. The molecule has 1 N–H and O–H groups in total. The van der Waals surface area contributed by atoms with E-state index in [2.05, 4.69) is 10.3 Å². The monoisotopic (exact) mass is 431 g/mol. The number of carbonyl (C=O) groups is 2. The summed E-state index contributed by atoms with van der Waals surface area (Å²) in [5.41, 5.74) is 2.71. The lowest BCUT2D eigenvalue weighted by Gasteiger charge is -2.28. The van der Waals surface area contributed by atoms with Crippen LogP contribution in [0.4, 0.5) is 4.39 Å². The molecule has 32 heavy (non-hydrogen) atoms. The zero-order valence-corrected chi connectivity index (χ0v) is 18.1. The van der Waals surface area contributed by atoms with E-state index < -0.39 is 11.2 Å². The van der Waals surface area contributed by atoms with Gasteiger partial charge in [-0.1, -0.05) is 36.4 Å². The summed E-state index contributed by atoms with van der Waals surface area (Å²) in [7, 11) is 0. The Balaban J connectivity index is 1.55. The minimum absolute atomic E-state index is 0.0501. The Morgan fingerprint density at radius 2 is 1.91 bits per heavy atom. The van der Waals surface area contributed by atoms with Crippen molar-refractivity contribution >= 4 is 11.8 Å². The lowest BCUT2D eigenvalue weighted by atomic mass is 9.79. The van der Waals surface area contributed by atoms with Gasteiger partial charge in [-0.25, -0.2) is 4.39 Å². The molecule has 4 rings (SSSR count). The van der Waals surface area contributed by atoms with Crippen LogP contribution < -0.4 is 5.32 Å². The molecule has 0 aliphatic carbocycles. The van der Waals surface area contributed by atoms with E-state index >= 15 is 0 Å². The van der Waals surface area contributed by atoms with Gasteiger partial charge in [-0.15, -0.1) is 0 Å². The van der Waals surface area contributed by atoms with E-state index in [4.69, 9.17) is 0 Å². The molecule has 1 atom stereocenters. The number of hydrogen-bond acceptors (Lipinski definition) is 3. The Morgan fingerprint density at radius 1 is 1.09 bits per heavy atom. The molecule has 6 heteroatoms. The first kappa shape index (κ1) is 21.7. The second-order valence-corrected chi connectivity index (χ2v) is 8.24. The van der Waals surface area contributed by atoms with E-state index in [-0.39, 0.29) is 11.8 Å². The second-order valence-electron chi connectivity index (χ2n) is 8.24. The number of benzene rings is 2. The van der Waals surface area contributed by atoms with Crippen molar-refractivity contribution in [2.75, 3.05) is 19.6 Å². The number of nitrogens with zero attached hydrogens (tertiary/aromatic N) is 2. The van der Waals surface area contributed by atoms with Gasteiger partial charge in [-0.2, -0.15) is 0 Å². The van der Waals surface area contributed by atoms with Gasteiger partial charge in [-0.05, 0) is 60.7 Å². The van der Waals surface area contributed by atoms with Crippen LogP contribution in [0.3, 0.4) is 0 Å². The van der Waals surface area contributed by atoms with Crippen LogP contribution in [0.5, 0.6) is 0 Å². The van der Waals surface area contributed by atoms with Gasteiger partial charge in [0.25, 0.3) is 5.91 Å². The van der Waals surface area contributed by atoms with E-state index in [0.717, 1.165) is 16.7 Å². The summed E-state index contributed by atoms with van der Waals surface area (Å²) in [5, 5.41) is 2.95. The zero-order valence-electron chi connectivity index (χ0n) is 18.1. The summed E-state index contributed by atoms with van der Waals surface area (Å²) in [4.78, 5) is 31.9. The third-order valence-corrected chi connectivity index (χ3v) is 6.02. The molecule has 0 spiro atoms. The van der Waals surface area contributed by atoms with Crippen LogP contribution >= 0.6 is 0 Å². The van der Waals surface area contributed by atoms with E-state index in [0.29, 0.717) is 38.0 Å².